The largest absolute Gasteiger partial charge is 0.340 e. The average Bonchev–Trinajstić information content (AvgIpc) is 2.10. The third kappa shape index (κ3) is 2.44. The number of nitrogens with two attached hydrogens (primary N) is 1. The molecule has 0 spiro atoms. The summed E-state index contributed by atoms with van der Waals surface area (Å²) < 4.78 is 0. The lowest BCUT2D eigenvalue weighted by Crippen LogP contribution is -2.46. The number of rotatable bonds is 2. The maximum atomic E-state index is 11.6. The Morgan fingerprint density at radius 1 is 1.54 bits per heavy atom. The van der Waals surface area contributed by atoms with Gasteiger partial charge in [-0.15, -0.1) is 0 Å². The Kier molecular flexibility index (Phi) is 3.72. The highest BCUT2D eigenvalue weighted by molar-refractivity contribution is 5.76. The predicted molar refractivity (Wildman–Crippen MR) is 53.2 cm³/mol. The zero-order valence-corrected chi connectivity index (χ0v) is 8.62. The van der Waals surface area contributed by atoms with Gasteiger partial charge in [0.25, 0.3) is 0 Å². The van der Waals surface area contributed by atoms with E-state index in [2.05, 4.69) is 13.8 Å². The summed E-state index contributed by atoms with van der Waals surface area (Å²) >= 11 is 0. The lowest BCUT2D eigenvalue weighted by molar-refractivity contribution is -0.135. The molecule has 0 saturated carbocycles. The number of hydrogen-bond donors (Lipinski definition) is 1. The van der Waals surface area contributed by atoms with Crippen molar-refractivity contribution in [3.8, 4) is 0 Å². The SMILES string of the molecule is CC1CCCN(C(=O)CCN)C1C. The summed E-state index contributed by atoms with van der Waals surface area (Å²) in [4.78, 5) is 13.6. The summed E-state index contributed by atoms with van der Waals surface area (Å²) in [7, 11) is 0. The average molecular weight is 184 g/mol. The van der Waals surface area contributed by atoms with Crippen LogP contribution < -0.4 is 5.73 Å². The van der Waals surface area contributed by atoms with Crippen LogP contribution >= 0.6 is 0 Å². The molecule has 1 amide bonds. The molecular formula is C10H20N2O. The predicted octanol–water partition coefficient (Wildman–Crippen LogP) is 0.982. The number of amides is 1. The van der Waals surface area contributed by atoms with E-state index < -0.39 is 0 Å². The third-order valence-electron chi connectivity index (χ3n) is 3.05. The molecule has 3 nitrogen and oxygen atoms in total. The minimum Gasteiger partial charge on any atom is -0.340 e. The van der Waals surface area contributed by atoms with Gasteiger partial charge in [-0.25, -0.2) is 0 Å². The lowest BCUT2D eigenvalue weighted by atomic mass is 9.92. The van der Waals surface area contributed by atoms with E-state index in [1.54, 1.807) is 0 Å². The fourth-order valence-electron chi connectivity index (χ4n) is 1.95. The number of piperidine rings is 1. The van der Waals surface area contributed by atoms with E-state index >= 15 is 0 Å². The normalized spacial score (nSPS) is 29.0. The molecule has 0 aromatic carbocycles. The Labute approximate surface area is 80.3 Å². The van der Waals surface area contributed by atoms with Crippen molar-refractivity contribution in [3.63, 3.8) is 0 Å². The molecule has 0 aromatic rings. The second-order valence-corrected chi connectivity index (χ2v) is 3.99. The highest BCUT2D eigenvalue weighted by atomic mass is 16.2. The summed E-state index contributed by atoms with van der Waals surface area (Å²) in [5, 5.41) is 0. The molecule has 1 aliphatic heterocycles. The van der Waals surface area contributed by atoms with Crippen molar-refractivity contribution in [1.29, 1.82) is 0 Å². The molecule has 76 valence electrons. The lowest BCUT2D eigenvalue weighted by Gasteiger charge is -2.38. The molecule has 1 aliphatic rings. The quantitative estimate of drug-likeness (QED) is 0.695. The van der Waals surface area contributed by atoms with E-state index in [0.717, 1.165) is 13.0 Å². The van der Waals surface area contributed by atoms with Crippen LogP contribution in [-0.4, -0.2) is 29.9 Å². The molecule has 1 saturated heterocycles. The summed E-state index contributed by atoms with van der Waals surface area (Å²) in [6.45, 7) is 5.74. The van der Waals surface area contributed by atoms with Crippen molar-refractivity contribution in [1.82, 2.24) is 4.90 Å². The molecule has 2 unspecified atom stereocenters. The Morgan fingerprint density at radius 3 is 2.85 bits per heavy atom. The van der Waals surface area contributed by atoms with Gasteiger partial charge in [0.15, 0.2) is 0 Å². The minimum absolute atomic E-state index is 0.224. The van der Waals surface area contributed by atoms with Gasteiger partial charge in [0.05, 0.1) is 0 Å². The molecule has 0 aliphatic carbocycles. The first-order valence-electron chi connectivity index (χ1n) is 5.16. The molecule has 1 rings (SSSR count). The van der Waals surface area contributed by atoms with Crippen molar-refractivity contribution in [2.45, 2.75) is 39.2 Å². The standard InChI is InChI=1S/C10H20N2O/c1-8-4-3-7-12(9(8)2)10(13)5-6-11/h8-9H,3-7,11H2,1-2H3. The Balaban J connectivity index is 2.52. The van der Waals surface area contributed by atoms with Crippen LogP contribution in [0.15, 0.2) is 0 Å². The topological polar surface area (TPSA) is 46.3 Å². The number of carbonyl (C=O) groups excluding carboxylic acids is 1. The van der Waals surface area contributed by atoms with E-state index in [0.29, 0.717) is 24.9 Å². The van der Waals surface area contributed by atoms with Gasteiger partial charge in [-0.3, -0.25) is 4.79 Å². The molecule has 3 heteroatoms. The van der Waals surface area contributed by atoms with Gasteiger partial charge in [-0.05, 0) is 25.7 Å². The van der Waals surface area contributed by atoms with E-state index in [9.17, 15) is 4.79 Å². The summed E-state index contributed by atoms with van der Waals surface area (Å²) in [6, 6.07) is 0.396. The molecular weight excluding hydrogens is 164 g/mol. The highest BCUT2D eigenvalue weighted by Gasteiger charge is 2.27. The van der Waals surface area contributed by atoms with E-state index in [-0.39, 0.29) is 5.91 Å². The van der Waals surface area contributed by atoms with Gasteiger partial charge >= 0.3 is 0 Å². The van der Waals surface area contributed by atoms with Crippen molar-refractivity contribution in [3.05, 3.63) is 0 Å². The van der Waals surface area contributed by atoms with E-state index in [1.165, 1.54) is 6.42 Å². The van der Waals surface area contributed by atoms with Crippen LogP contribution in [0.25, 0.3) is 0 Å². The van der Waals surface area contributed by atoms with Gasteiger partial charge in [0.1, 0.15) is 0 Å². The van der Waals surface area contributed by atoms with Gasteiger partial charge in [-0.1, -0.05) is 6.92 Å². The Morgan fingerprint density at radius 2 is 2.23 bits per heavy atom. The molecule has 0 bridgehead atoms. The van der Waals surface area contributed by atoms with E-state index in [4.69, 9.17) is 5.73 Å². The first-order valence-corrected chi connectivity index (χ1v) is 5.16. The van der Waals surface area contributed by atoms with Crippen LogP contribution in [0.2, 0.25) is 0 Å². The summed E-state index contributed by atoms with van der Waals surface area (Å²) in [6.07, 6.45) is 2.88. The fraction of sp³-hybridized carbons (Fsp3) is 0.900. The Hall–Kier alpha value is -0.570. The van der Waals surface area contributed by atoms with Crippen LogP contribution in [0.1, 0.15) is 33.1 Å². The first-order chi connectivity index (χ1) is 6.16. The number of carbonyl (C=O) groups is 1. The zero-order chi connectivity index (χ0) is 9.84. The van der Waals surface area contributed by atoms with Crippen LogP contribution in [0.5, 0.6) is 0 Å². The van der Waals surface area contributed by atoms with Crippen molar-refractivity contribution >= 4 is 5.91 Å². The molecule has 1 heterocycles. The summed E-state index contributed by atoms with van der Waals surface area (Å²) in [5.74, 6) is 0.858. The molecule has 0 radical (unpaired) electrons. The molecule has 2 N–H and O–H groups in total. The summed E-state index contributed by atoms with van der Waals surface area (Å²) in [5.41, 5.74) is 5.37. The van der Waals surface area contributed by atoms with Crippen LogP contribution in [0.4, 0.5) is 0 Å². The fourth-order valence-corrected chi connectivity index (χ4v) is 1.95. The minimum atomic E-state index is 0.224. The van der Waals surface area contributed by atoms with Crippen molar-refractivity contribution in [2.24, 2.45) is 11.7 Å². The molecule has 1 fully saturated rings. The highest BCUT2D eigenvalue weighted by Crippen LogP contribution is 2.23. The van der Waals surface area contributed by atoms with Crippen LogP contribution in [0.3, 0.4) is 0 Å². The van der Waals surface area contributed by atoms with Crippen LogP contribution in [-0.2, 0) is 4.79 Å². The van der Waals surface area contributed by atoms with Crippen LogP contribution in [0, 0.1) is 5.92 Å². The van der Waals surface area contributed by atoms with Gasteiger partial charge in [-0.2, -0.15) is 0 Å². The zero-order valence-electron chi connectivity index (χ0n) is 8.62. The second kappa shape index (κ2) is 4.61. The molecule has 0 aromatic heterocycles. The second-order valence-electron chi connectivity index (χ2n) is 3.99. The first kappa shape index (κ1) is 10.5. The Bertz CT molecular complexity index is 182. The molecule has 2 atom stereocenters. The van der Waals surface area contributed by atoms with Gasteiger partial charge in [0.2, 0.25) is 5.91 Å². The van der Waals surface area contributed by atoms with Crippen molar-refractivity contribution in [2.75, 3.05) is 13.1 Å². The third-order valence-corrected chi connectivity index (χ3v) is 3.05. The number of nitrogens with zero attached hydrogens (tertiary/aromatic N) is 1. The van der Waals surface area contributed by atoms with Crippen molar-refractivity contribution < 1.29 is 4.79 Å². The smallest absolute Gasteiger partial charge is 0.224 e. The molecule has 13 heavy (non-hydrogen) atoms. The van der Waals surface area contributed by atoms with Gasteiger partial charge in [0, 0.05) is 25.6 Å². The maximum absolute atomic E-state index is 11.6. The number of hydrogen-bond acceptors (Lipinski definition) is 2. The maximum Gasteiger partial charge on any atom is 0.224 e. The monoisotopic (exact) mass is 184 g/mol. The van der Waals surface area contributed by atoms with Gasteiger partial charge < -0.3 is 10.6 Å². The van der Waals surface area contributed by atoms with E-state index in [1.807, 2.05) is 4.90 Å². The number of likely N-dealkylation sites (tertiary alicyclic amines) is 1.